The van der Waals surface area contributed by atoms with E-state index >= 15 is 0 Å². The van der Waals surface area contributed by atoms with Gasteiger partial charge in [0, 0.05) is 7.05 Å². The highest BCUT2D eigenvalue weighted by atomic mass is 16.3. The van der Waals surface area contributed by atoms with E-state index in [4.69, 9.17) is 0 Å². The van der Waals surface area contributed by atoms with E-state index in [0.29, 0.717) is 13.0 Å². The first-order valence-corrected chi connectivity index (χ1v) is 8.44. The van der Waals surface area contributed by atoms with E-state index < -0.39 is 12.1 Å². The van der Waals surface area contributed by atoms with Crippen LogP contribution in [0.5, 0.6) is 0 Å². The second-order valence-electron chi connectivity index (χ2n) is 6.35. The third-order valence-electron chi connectivity index (χ3n) is 4.73. The van der Waals surface area contributed by atoms with Gasteiger partial charge in [-0.25, -0.2) is 0 Å². The van der Waals surface area contributed by atoms with Crippen LogP contribution in [-0.2, 0) is 11.2 Å². The Balaban J connectivity index is 1.85. The lowest BCUT2D eigenvalue weighted by Gasteiger charge is -2.31. The molecule has 126 valence electrons. The van der Waals surface area contributed by atoms with E-state index in [1.165, 1.54) is 5.56 Å². The number of aliphatic hydroxyl groups is 1. The number of aliphatic hydroxyl groups excluding tert-OH is 1. The van der Waals surface area contributed by atoms with Gasteiger partial charge in [-0.3, -0.25) is 4.79 Å². The predicted octanol–water partition coefficient (Wildman–Crippen LogP) is 2.15. The zero-order chi connectivity index (χ0) is 16.9. The van der Waals surface area contributed by atoms with E-state index in [-0.39, 0.29) is 11.9 Å². The third-order valence-corrected chi connectivity index (χ3v) is 4.73. The third kappa shape index (κ3) is 3.66. The smallest absolute Gasteiger partial charge is 0.242 e. The molecule has 1 amide bonds. The van der Waals surface area contributed by atoms with Gasteiger partial charge >= 0.3 is 0 Å². The number of hydrogen-bond donors (Lipinski definition) is 2. The second kappa shape index (κ2) is 7.60. The first-order valence-electron chi connectivity index (χ1n) is 8.44. The standard InChI is InChI=1S/C20H24N2O2/c1-22(20(24)19-18(23)12-13-21-19)17(16-10-6-3-7-11-16)14-15-8-4-2-5-9-15/h2-11,17-19,21,23H,12-14H2,1H3. The summed E-state index contributed by atoms with van der Waals surface area (Å²) < 4.78 is 0. The maximum atomic E-state index is 12.9. The average molecular weight is 324 g/mol. The molecule has 1 saturated heterocycles. The molecule has 0 saturated carbocycles. The number of nitrogens with zero attached hydrogens (tertiary/aromatic N) is 1. The topological polar surface area (TPSA) is 52.6 Å². The summed E-state index contributed by atoms with van der Waals surface area (Å²) in [6.07, 6.45) is 0.766. The molecule has 3 rings (SSSR count). The minimum absolute atomic E-state index is 0.0511. The van der Waals surface area contributed by atoms with Crippen molar-refractivity contribution < 1.29 is 9.90 Å². The summed E-state index contributed by atoms with van der Waals surface area (Å²) in [5.41, 5.74) is 2.29. The highest BCUT2D eigenvalue weighted by Crippen LogP contribution is 2.25. The molecule has 3 atom stereocenters. The summed E-state index contributed by atoms with van der Waals surface area (Å²) in [4.78, 5) is 14.6. The number of hydrogen-bond acceptors (Lipinski definition) is 3. The fourth-order valence-electron chi connectivity index (χ4n) is 3.31. The molecule has 2 N–H and O–H groups in total. The molecule has 1 heterocycles. The van der Waals surface area contributed by atoms with Gasteiger partial charge in [0.15, 0.2) is 0 Å². The van der Waals surface area contributed by atoms with Gasteiger partial charge in [0.2, 0.25) is 5.91 Å². The van der Waals surface area contributed by atoms with Crippen LogP contribution in [0.2, 0.25) is 0 Å². The van der Waals surface area contributed by atoms with Crippen molar-refractivity contribution in [3.8, 4) is 0 Å². The summed E-state index contributed by atoms with van der Waals surface area (Å²) in [5, 5.41) is 13.2. The molecule has 3 unspecified atom stereocenters. The van der Waals surface area contributed by atoms with Crippen LogP contribution in [0, 0.1) is 0 Å². The van der Waals surface area contributed by atoms with Crippen LogP contribution in [0.15, 0.2) is 60.7 Å². The van der Waals surface area contributed by atoms with Gasteiger partial charge in [0.25, 0.3) is 0 Å². The zero-order valence-electron chi connectivity index (χ0n) is 13.9. The summed E-state index contributed by atoms with van der Waals surface area (Å²) in [7, 11) is 1.83. The van der Waals surface area contributed by atoms with Crippen LogP contribution in [0.4, 0.5) is 0 Å². The van der Waals surface area contributed by atoms with Crippen molar-refractivity contribution in [1.29, 1.82) is 0 Å². The molecule has 0 aliphatic carbocycles. The summed E-state index contributed by atoms with van der Waals surface area (Å²) >= 11 is 0. The van der Waals surface area contributed by atoms with Gasteiger partial charge < -0.3 is 15.3 Å². The molecule has 1 aliphatic heterocycles. The fraction of sp³-hybridized carbons (Fsp3) is 0.350. The Morgan fingerprint density at radius 1 is 1.17 bits per heavy atom. The molecule has 2 aromatic carbocycles. The number of carbonyl (C=O) groups excluding carboxylic acids is 1. The van der Waals surface area contributed by atoms with Crippen molar-refractivity contribution in [3.63, 3.8) is 0 Å². The SMILES string of the molecule is CN(C(=O)C1NCCC1O)C(Cc1ccccc1)c1ccccc1. The number of likely N-dealkylation sites (N-methyl/N-ethyl adjacent to an activating group) is 1. The molecule has 2 aromatic rings. The monoisotopic (exact) mass is 324 g/mol. The first kappa shape index (κ1) is 16.7. The average Bonchev–Trinajstić information content (AvgIpc) is 3.06. The fourth-order valence-corrected chi connectivity index (χ4v) is 3.31. The summed E-state index contributed by atoms with van der Waals surface area (Å²) in [6.45, 7) is 0.681. The van der Waals surface area contributed by atoms with Crippen LogP contribution in [0.3, 0.4) is 0 Å². The van der Waals surface area contributed by atoms with E-state index in [1.807, 2.05) is 43.4 Å². The molecule has 0 bridgehead atoms. The van der Waals surface area contributed by atoms with Crippen molar-refractivity contribution in [2.45, 2.75) is 31.0 Å². The number of amides is 1. The minimum Gasteiger partial charge on any atom is -0.391 e. The molecular weight excluding hydrogens is 300 g/mol. The molecule has 1 aliphatic rings. The zero-order valence-corrected chi connectivity index (χ0v) is 13.9. The van der Waals surface area contributed by atoms with Crippen LogP contribution < -0.4 is 5.32 Å². The maximum absolute atomic E-state index is 12.9. The lowest BCUT2D eigenvalue weighted by atomic mass is 9.97. The lowest BCUT2D eigenvalue weighted by Crippen LogP contribution is -2.48. The molecule has 0 radical (unpaired) electrons. The molecule has 0 aromatic heterocycles. The number of carbonyl (C=O) groups is 1. The first-order chi connectivity index (χ1) is 11.7. The molecule has 0 spiro atoms. The van der Waals surface area contributed by atoms with E-state index in [2.05, 4.69) is 29.6 Å². The highest BCUT2D eigenvalue weighted by molar-refractivity contribution is 5.83. The Morgan fingerprint density at radius 3 is 2.38 bits per heavy atom. The summed E-state index contributed by atoms with van der Waals surface area (Å²) in [6, 6.07) is 19.7. The van der Waals surface area contributed by atoms with Gasteiger partial charge in [-0.05, 0) is 30.5 Å². The normalized spacial score (nSPS) is 21.4. The molecule has 4 heteroatoms. The largest absolute Gasteiger partial charge is 0.391 e. The lowest BCUT2D eigenvalue weighted by molar-refractivity contribution is -0.136. The quantitative estimate of drug-likeness (QED) is 0.886. The Hall–Kier alpha value is -2.17. The van der Waals surface area contributed by atoms with Crippen molar-refractivity contribution in [2.24, 2.45) is 0 Å². The van der Waals surface area contributed by atoms with Gasteiger partial charge in [-0.1, -0.05) is 60.7 Å². The molecule has 24 heavy (non-hydrogen) atoms. The van der Waals surface area contributed by atoms with E-state index in [9.17, 15) is 9.90 Å². The van der Waals surface area contributed by atoms with Crippen molar-refractivity contribution in [1.82, 2.24) is 10.2 Å². The van der Waals surface area contributed by atoms with E-state index in [1.54, 1.807) is 4.90 Å². The van der Waals surface area contributed by atoms with Crippen molar-refractivity contribution >= 4 is 5.91 Å². The van der Waals surface area contributed by atoms with Gasteiger partial charge in [0.1, 0.15) is 6.04 Å². The maximum Gasteiger partial charge on any atom is 0.242 e. The Labute approximate surface area is 143 Å². The van der Waals surface area contributed by atoms with Crippen molar-refractivity contribution in [2.75, 3.05) is 13.6 Å². The van der Waals surface area contributed by atoms with Crippen molar-refractivity contribution in [3.05, 3.63) is 71.8 Å². The Kier molecular flexibility index (Phi) is 5.28. The minimum atomic E-state index is -0.604. The van der Waals surface area contributed by atoms with Crippen LogP contribution in [-0.4, -0.2) is 41.7 Å². The van der Waals surface area contributed by atoms with Gasteiger partial charge in [-0.2, -0.15) is 0 Å². The molecule has 1 fully saturated rings. The van der Waals surface area contributed by atoms with Gasteiger partial charge in [0.05, 0.1) is 12.1 Å². The molecule has 4 nitrogen and oxygen atoms in total. The number of nitrogens with one attached hydrogen (secondary N) is 1. The predicted molar refractivity (Wildman–Crippen MR) is 94.5 cm³/mol. The van der Waals surface area contributed by atoms with E-state index in [0.717, 1.165) is 12.0 Å². The Morgan fingerprint density at radius 2 is 1.79 bits per heavy atom. The molecular formula is C20H24N2O2. The highest BCUT2D eigenvalue weighted by Gasteiger charge is 2.35. The Bertz CT molecular complexity index is 660. The van der Waals surface area contributed by atoms with Crippen LogP contribution in [0.25, 0.3) is 0 Å². The van der Waals surface area contributed by atoms with Crippen LogP contribution >= 0.6 is 0 Å². The summed E-state index contributed by atoms with van der Waals surface area (Å²) in [5.74, 6) is -0.0511. The van der Waals surface area contributed by atoms with Gasteiger partial charge in [-0.15, -0.1) is 0 Å². The number of benzene rings is 2. The second-order valence-corrected chi connectivity index (χ2v) is 6.35. The van der Waals surface area contributed by atoms with Crippen LogP contribution in [0.1, 0.15) is 23.6 Å². The number of rotatable bonds is 5.